The van der Waals surface area contributed by atoms with Crippen LogP contribution in [0.4, 0.5) is 0 Å². The normalized spacial score (nSPS) is 19.6. The Kier molecular flexibility index (Phi) is 4.36. The highest BCUT2D eigenvalue weighted by molar-refractivity contribution is 5.77. The number of aryl methyl sites for hydroxylation is 1. The maximum absolute atomic E-state index is 5.84. The van der Waals surface area contributed by atoms with E-state index in [-0.39, 0.29) is 0 Å². The summed E-state index contributed by atoms with van der Waals surface area (Å²) in [6.45, 7) is 4.47. The minimum absolute atomic E-state index is 0.486. The zero-order valence-electron chi connectivity index (χ0n) is 14.0. The third-order valence-electron chi connectivity index (χ3n) is 4.75. The molecule has 0 bridgehead atoms. The molecule has 1 aliphatic rings. The van der Waals surface area contributed by atoms with Crippen molar-refractivity contribution >= 4 is 11.0 Å². The van der Waals surface area contributed by atoms with E-state index < -0.39 is 0 Å². The SMILES string of the molecule is Cn1ccnc1CN1CCOC[C@@H](Cc2ccc3ccoc3c2)C1. The van der Waals surface area contributed by atoms with Gasteiger partial charge in [-0.2, -0.15) is 0 Å². The lowest BCUT2D eigenvalue weighted by Gasteiger charge is -2.23. The first-order valence-electron chi connectivity index (χ1n) is 8.50. The topological polar surface area (TPSA) is 43.4 Å². The quantitative estimate of drug-likeness (QED) is 0.740. The molecule has 5 heteroatoms. The first-order valence-corrected chi connectivity index (χ1v) is 8.50. The number of benzene rings is 1. The molecule has 3 aromatic rings. The fourth-order valence-corrected chi connectivity index (χ4v) is 3.43. The molecule has 0 radical (unpaired) electrons. The predicted molar refractivity (Wildman–Crippen MR) is 92.7 cm³/mol. The molecular formula is C19H23N3O2. The zero-order valence-corrected chi connectivity index (χ0v) is 14.0. The summed E-state index contributed by atoms with van der Waals surface area (Å²) in [5.41, 5.74) is 2.27. The van der Waals surface area contributed by atoms with Crippen molar-refractivity contribution < 1.29 is 9.15 Å². The smallest absolute Gasteiger partial charge is 0.134 e. The van der Waals surface area contributed by atoms with Gasteiger partial charge in [-0.25, -0.2) is 4.98 Å². The third-order valence-corrected chi connectivity index (χ3v) is 4.75. The molecule has 2 aromatic heterocycles. The molecule has 1 saturated heterocycles. The third kappa shape index (κ3) is 3.37. The van der Waals surface area contributed by atoms with Crippen molar-refractivity contribution in [3.63, 3.8) is 0 Å². The number of hydrogen-bond donors (Lipinski definition) is 0. The highest BCUT2D eigenvalue weighted by Gasteiger charge is 2.20. The highest BCUT2D eigenvalue weighted by Crippen LogP contribution is 2.21. The van der Waals surface area contributed by atoms with Crippen molar-refractivity contribution in [1.82, 2.24) is 14.5 Å². The summed E-state index contributed by atoms with van der Waals surface area (Å²) >= 11 is 0. The monoisotopic (exact) mass is 325 g/mol. The fraction of sp³-hybridized carbons (Fsp3) is 0.421. The van der Waals surface area contributed by atoms with Gasteiger partial charge in [0.25, 0.3) is 0 Å². The molecule has 1 aliphatic heterocycles. The van der Waals surface area contributed by atoms with Gasteiger partial charge in [0, 0.05) is 37.9 Å². The van der Waals surface area contributed by atoms with Crippen LogP contribution in [0.2, 0.25) is 0 Å². The Bertz CT molecular complexity index is 808. The average molecular weight is 325 g/mol. The summed E-state index contributed by atoms with van der Waals surface area (Å²) in [4.78, 5) is 6.90. The van der Waals surface area contributed by atoms with E-state index in [0.29, 0.717) is 5.92 Å². The van der Waals surface area contributed by atoms with E-state index in [0.717, 1.165) is 56.1 Å². The van der Waals surface area contributed by atoms with Crippen LogP contribution in [0.3, 0.4) is 0 Å². The number of furan rings is 1. The van der Waals surface area contributed by atoms with Crippen LogP contribution in [0.15, 0.2) is 47.3 Å². The van der Waals surface area contributed by atoms with E-state index in [1.165, 1.54) is 5.56 Å². The van der Waals surface area contributed by atoms with Gasteiger partial charge in [0.1, 0.15) is 11.4 Å². The van der Waals surface area contributed by atoms with Gasteiger partial charge in [-0.15, -0.1) is 0 Å². The number of hydrogen-bond acceptors (Lipinski definition) is 4. The van der Waals surface area contributed by atoms with Crippen LogP contribution < -0.4 is 0 Å². The van der Waals surface area contributed by atoms with Gasteiger partial charge in [-0.05, 0) is 30.0 Å². The summed E-state index contributed by atoms with van der Waals surface area (Å²) in [6, 6.07) is 8.50. The molecule has 0 saturated carbocycles. The van der Waals surface area contributed by atoms with Crippen molar-refractivity contribution in [1.29, 1.82) is 0 Å². The molecule has 24 heavy (non-hydrogen) atoms. The molecule has 0 spiro atoms. The Morgan fingerprint density at radius 3 is 3.12 bits per heavy atom. The van der Waals surface area contributed by atoms with Crippen LogP contribution in [0.1, 0.15) is 11.4 Å². The molecule has 4 rings (SSSR count). The van der Waals surface area contributed by atoms with Crippen LogP contribution in [-0.4, -0.2) is 40.8 Å². The second kappa shape index (κ2) is 6.79. The molecular weight excluding hydrogens is 302 g/mol. The molecule has 1 aromatic carbocycles. The summed E-state index contributed by atoms with van der Waals surface area (Å²) in [5.74, 6) is 1.59. The summed E-state index contributed by atoms with van der Waals surface area (Å²) < 4.78 is 13.5. The molecule has 126 valence electrons. The largest absolute Gasteiger partial charge is 0.464 e. The summed E-state index contributed by atoms with van der Waals surface area (Å²) in [5, 5.41) is 1.16. The van der Waals surface area contributed by atoms with Crippen LogP contribution >= 0.6 is 0 Å². The van der Waals surface area contributed by atoms with Crippen LogP contribution in [0, 0.1) is 5.92 Å². The van der Waals surface area contributed by atoms with Gasteiger partial charge in [0.2, 0.25) is 0 Å². The van der Waals surface area contributed by atoms with Crippen molar-refractivity contribution in [3.05, 3.63) is 54.3 Å². The van der Waals surface area contributed by atoms with Crippen molar-refractivity contribution in [2.75, 3.05) is 26.3 Å². The number of imidazole rings is 1. The summed E-state index contributed by atoms with van der Waals surface area (Å²) in [6.07, 6.45) is 6.62. The minimum Gasteiger partial charge on any atom is -0.464 e. The van der Waals surface area contributed by atoms with Gasteiger partial charge in [0.05, 0.1) is 26.0 Å². The van der Waals surface area contributed by atoms with Gasteiger partial charge < -0.3 is 13.7 Å². The van der Waals surface area contributed by atoms with Crippen LogP contribution in [0.5, 0.6) is 0 Å². The van der Waals surface area contributed by atoms with E-state index in [1.54, 1.807) is 6.26 Å². The second-order valence-corrected chi connectivity index (χ2v) is 6.63. The van der Waals surface area contributed by atoms with Crippen LogP contribution in [0.25, 0.3) is 11.0 Å². The van der Waals surface area contributed by atoms with Gasteiger partial charge in [0.15, 0.2) is 0 Å². The highest BCUT2D eigenvalue weighted by atomic mass is 16.5. The number of nitrogens with zero attached hydrogens (tertiary/aromatic N) is 3. The van der Waals surface area contributed by atoms with Crippen molar-refractivity contribution in [3.8, 4) is 0 Å². The Hall–Kier alpha value is -2.11. The first kappa shape index (κ1) is 15.4. The van der Waals surface area contributed by atoms with Gasteiger partial charge >= 0.3 is 0 Å². The number of aromatic nitrogens is 2. The molecule has 0 unspecified atom stereocenters. The van der Waals surface area contributed by atoms with E-state index >= 15 is 0 Å². The number of ether oxygens (including phenoxy) is 1. The maximum Gasteiger partial charge on any atom is 0.134 e. The lowest BCUT2D eigenvalue weighted by Crippen LogP contribution is -2.31. The Labute approximate surface area is 141 Å². The van der Waals surface area contributed by atoms with E-state index in [9.17, 15) is 0 Å². The molecule has 5 nitrogen and oxygen atoms in total. The fourth-order valence-electron chi connectivity index (χ4n) is 3.43. The van der Waals surface area contributed by atoms with Crippen molar-refractivity contribution in [2.24, 2.45) is 13.0 Å². The predicted octanol–water partition coefficient (Wildman–Crippen LogP) is 2.86. The Morgan fingerprint density at radius 1 is 1.29 bits per heavy atom. The average Bonchev–Trinajstić information content (AvgIpc) is 3.13. The molecule has 0 amide bonds. The van der Waals surface area contributed by atoms with E-state index in [2.05, 4.69) is 32.7 Å². The van der Waals surface area contributed by atoms with Crippen LogP contribution in [-0.2, 0) is 24.8 Å². The molecule has 1 fully saturated rings. The van der Waals surface area contributed by atoms with E-state index in [4.69, 9.17) is 9.15 Å². The van der Waals surface area contributed by atoms with E-state index in [1.807, 2.05) is 25.5 Å². The maximum atomic E-state index is 5.84. The molecule has 1 atom stereocenters. The minimum atomic E-state index is 0.486. The lowest BCUT2D eigenvalue weighted by molar-refractivity contribution is 0.121. The summed E-state index contributed by atoms with van der Waals surface area (Å²) in [7, 11) is 2.05. The molecule has 3 heterocycles. The Balaban J connectivity index is 1.44. The second-order valence-electron chi connectivity index (χ2n) is 6.63. The van der Waals surface area contributed by atoms with Gasteiger partial charge in [-0.1, -0.05) is 12.1 Å². The van der Waals surface area contributed by atoms with Gasteiger partial charge in [-0.3, -0.25) is 4.90 Å². The molecule has 0 aliphatic carbocycles. The number of rotatable bonds is 4. The Morgan fingerprint density at radius 2 is 2.25 bits per heavy atom. The first-order chi connectivity index (χ1) is 11.8. The lowest BCUT2D eigenvalue weighted by atomic mass is 9.99. The van der Waals surface area contributed by atoms with Crippen molar-refractivity contribution in [2.45, 2.75) is 13.0 Å². The molecule has 0 N–H and O–H groups in total. The number of fused-ring (bicyclic) bond motifs is 1. The standard InChI is InChI=1S/C19H23N3O2/c1-21-6-5-20-19(21)13-22-7-9-23-14-16(12-22)10-15-2-3-17-4-8-24-18(17)11-15/h2-6,8,11,16H,7,9-10,12-14H2,1H3/t16-/m0/s1. The zero-order chi connectivity index (χ0) is 16.4.